The smallest absolute Gasteiger partial charge is 0.151 e. The Morgan fingerprint density at radius 1 is 1.50 bits per heavy atom. The standard InChI is InChI=1S/C10H22N2O3S/c1-3-16(13,14)7-5-12-4-6-15-10(9-12)8-11-2/h10-11H,3-9H2,1-2H3. The van der Waals surface area contributed by atoms with Crippen molar-refractivity contribution in [1.82, 2.24) is 10.2 Å². The number of nitrogens with one attached hydrogen (secondary N) is 1. The molecule has 1 aliphatic rings. The van der Waals surface area contributed by atoms with Crippen molar-refractivity contribution in [2.45, 2.75) is 13.0 Å². The second-order valence-electron chi connectivity index (χ2n) is 4.09. The Labute approximate surface area is 98.1 Å². The number of ether oxygens (including phenoxy) is 1. The van der Waals surface area contributed by atoms with Gasteiger partial charge in [0.15, 0.2) is 9.84 Å². The number of likely N-dealkylation sites (N-methyl/N-ethyl adjacent to an activating group) is 1. The van der Waals surface area contributed by atoms with Crippen LogP contribution in [-0.4, -0.2) is 70.8 Å². The van der Waals surface area contributed by atoms with Gasteiger partial charge in [0.25, 0.3) is 0 Å². The van der Waals surface area contributed by atoms with Gasteiger partial charge < -0.3 is 10.1 Å². The molecule has 1 heterocycles. The molecule has 1 N–H and O–H groups in total. The molecule has 5 nitrogen and oxygen atoms in total. The lowest BCUT2D eigenvalue weighted by Gasteiger charge is -2.32. The largest absolute Gasteiger partial charge is 0.374 e. The summed E-state index contributed by atoms with van der Waals surface area (Å²) >= 11 is 0. The fraction of sp³-hybridized carbons (Fsp3) is 1.00. The molecule has 96 valence electrons. The Bertz CT molecular complexity index is 290. The lowest BCUT2D eigenvalue weighted by Crippen LogP contribution is -2.47. The van der Waals surface area contributed by atoms with Crippen molar-refractivity contribution in [3.8, 4) is 0 Å². The van der Waals surface area contributed by atoms with E-state index in [1.54, 1.807) is 6.92 Å². The van der Waals surface area contributed by atoms with Crippen molar-refractivity contribution in [1.29, 1.82) is 0 Å². The zero-order valence-corrected chi connectivity index (χ0v) is 10.9. The van der Waals surface area contributed by atoms with E-state index in [0.717, 1.165) is 19.6 Å². The van der Waals surface area contributed by atoms with Crippen molar-refractivity contribution in [2.24, 2.45) is 0 Å². The molecule has 0 bridgehead atoms. The fourth-order valence-electron chi connectivity index (χ4n) is 1.75. The Hall–Kier alpha value is -0.170. The fourth-order valence-corrected chi connectivity index (χ4v) is 2.57. The third-order valence-electron chi connectivity index (χ3n) is 2.81. The monoisotopic (exact) mass is 250 g/mol. The summed E-state index contributed by atoms with van der Waals surface area (Å²) in [7, 11) is -0.954. The molecule has 0 aromatic heterocycles. The van der Waals surface area contributed by atoms with Crippen LogP contribution in [0.4, 0.5) is 0 Å². The maximum absolute atomic E-state index is 11.4. The summed E-state index contributed by atoms with van der Waals surface area (Å²) in [5.74, 6) is 0.493. The molecular formula is C10H22N2O3S. The second-order valence-corrected chi connectivity index (χ2v) is 6.56. The highest BCUT2D eigenvalue weighted by molar-refractivity contribution is 7.91. The van der Waals surface area contributed by atoms with Crippen molar-refractivity contribution < 1.29 is 13.2 Å². The molecule has 1 fully saturated rings. The van der Waals surface area contributed by atoms with Gasteiger partial charge in [0.1, 0.15) is 0 Å². The van der Waals surface area contributed by atoms with Crippen LogP contribution >= 0.6 is 0 Å². The van der Waals surface area contributed by atoms with Gasteiger partial charge in [-0.3, -0.25) is 4.90 Å². The van der Waals surface area contributed by atoms with Crippen LogP contribution in [-0.2, 0) is 14.6 Å². The van der Waals surface area contributed by atoms with Gasteiger partial charge in [-0.15, -0.1) is 0 Å². The van der Waals surface area contributed by atoms with Crippen LogP contribution in [0.2, 0.25) is 0 Å². The van der Waals surface area contributed by atoms with Crippen LogP contribution in [0.25, 0.3) is 0 Å². The van der Waals surface area contributed by atoms with E-state index in [1.165, 1.54) is 0 Å². The van der Waals surface area contributed by atoms with E-state index in [1.807, 2.05) is 7.05 Å². The minimum absolute atomic E-state index is 0.183. The van der Waals surface area contributed by atoms with Gasteiger partial charge in [0, 0.05) is 31.9 Å². The molecule has 1 rings (SSSR count). The Morgan fingerprint density at radius 3 is 2.88 bits per heavy atom. The number of rotatable bonds is 6. The van der Waals surface area contributed by atoms with Gasteiger partial charge in [-0.25, -0.2) is 8.42 Å². The van der Waals surface area contributed by atoms with Gasteiger partial charge in [0.2, 0.25) is 0 Å². The van der Waals surface area contributed by atoms with E-state index in [0.29, 0.717) is 13.2 Å². The topological polar surface area (TPSA) is 58.6 Å². The predicted molar refractivity (Wildman–Crippen MR) is 64.4 cm³/mol. The van der Waals surface area contributed by atoms with Gasteiger partial charge in [-0.05, 0) is 7.05 Å². The van der Waals surface area contributed by atoms with Gasteiger partial charge in [-0.2, -0.15) is 0 Å². The molecule has 1 unspecified atom stereocenters. The zero-order valence-electron chi connectivity index (χ0n) is 10.1. The van der Waals surface area contributed by atoms with Crippen LogP contribution in [0.15, 0.2) is 0 Å². The number of nitrogens with zero attached hydrogens (tertiary/aromatic N) is 1. The SMILES string of the molecule is CCS(=O)(=O)CCN1CCOC(CNC)C1. The van der Waals surface area contributed by atoms with Crippen LogP contribution in [0, 0.1) is 0 Å². The minimum Gasteiger partial charge on any atom is -0.374 e. The minimum atomic E-state index is -2.85. The highest BCUT2D eigenvalue weighted by Crippen LogP contribution is 2.04. The molecule has 0 aliphatic carbocycles. The molecule has 6 heteroatoms. The highest BCUT2D eigenvalue weighted by Gasteiger charge is 2.20. The first-order valence-corrected chi connectivity index (χ1v) is 7.58. The van der Waals surface area contributed by atoms with Gasteiger partial charge >= 0.3 is 0 Å². The van der Waals surface area contributed by atoms with Crippen molar-refractivity contribution >= 4 is 9.84 Å². The summed E-state index contributed by atoms with van der Waals surface area (Å²) < 4.78 is 28.3. The lowest BCUT2D eigenvalue weighted by atomic mass is 10.2. The average molecular weight is 250 g/mol. The molecule has 0 radical (unpaired) electrons. The van der Waals surface area contributed by atoms with Crippen molar-refractivity contribution in [3.05, 3.63) is 0 Å². The van der Waals surface area contributed by atoms with E-state index < -0.39 is 9.84 Å². The third-order valence-corrected chi connectivity index (χ3v) is 4.50. The first-order valence-electron chi connectivity index (χ1n) is 5.76. The van der Waals surface area contributed by atoms with Gasteiger partial charge in [0.05, 0.1) is 18.5 Å². The van der Waals surface area contributed by atoms with Crippen molar-refractivity contribution in [2.75, 3.05) is 51.3 Å². The molecule has 0 amide bonds. The summed E-state index contributed by atoms with van der Waals surface area (Å²) in [6.07, 6.45) is 0.183. The first-order chi connectivity index (χ1) is 7.57. The number of sulfone groups is 1. The number of hydrogen-bond acceptors (Lipinski definition) is 5. The Morgan fingerprint density at radius 2 is 2.25 bits per heavy atom. The molecule has 1 aliphatic heterocycles. The molecule has 0 spiro atoms. The van der Waals surface area contributed by atoms with E-state index in [4.69, 9.17) is 4.74 Å². The molecule has 0 aromatic rings. The summed E-state index contributed by atoms with van der Waals surface area (Å²) in [4.78, 5) is 2.17. The quantitative estimate of drug-likeness (QED) is 0.678. The second kappa shape index (κ2) is 6.54. The maximum Gasteiger partial charge on any atom is 0.151 e. The van der Waals surface area contributed by atoms with E-state index in [2.05, 4.69) is 10.2 Å². The predicted octanol–water partition coefficient (Wildman–Crippen LogP) is -0.659. The summed E-state index contributed by atoms with van der Waals surface area (Å²) in [6.45, 7) is 5.48. The van der Waals surface area contributed by atoms with E-state index in [-0.39, 0.29) is 17.6 Å². The van der Waals surface area contributed by atoms with Crippen LogP contribution in [0.5, 0.6) is 0 Å². The summed E-state index contributed by atoms with van der Waals surface area (Å²) in [5, 5.41) is 3.07. The van der Waals surface area contributed by atoms with E-state index >= 15 is 0 Å². The zero-order chi connectivity index (χ0) is 12.0. The molecule has 1 saturated heterocycles. The van der Waals surface area contributed by atoms with Gasteiger partial charge in [-0.1, -0.05) is 6.92 Å². The van der Waals surface area contributed by atoms with Crippen LogP contribution in [0.3, 0.4) is 0 Å². The molecule has 16 heavy (non-hydrogen) atoms. The average Bonchev–Trinajstić information content (AvgIpc) is 2.28. The van der Waals surface area contributed by atoms with Crippen LogP contribution < -0.4 is 5.32 Å². The molecule has 1 atom stereocenters. The normalized spacial score (nSPS) is 23.5. The molecule has 0 saturated carbocycles. The molecular weight excluding hydrogens is 228 g/mol. The Kier molecular flexibility index (Phi) is 5.68. The van der Waals surface area contributed by atoms with Crippen LogP contribution in [0.1, 0.15) is 6.92 Å². The number of morpholine rings is 1. The lowest BCUT2D eigenvalue weighted by molar-refractivity contribution is -0.0241. The first kappa shape index (κ1) is 13.9. The highest BCUT2D eigenvalue weighted by atomic mass is 32.2. The molecule has 0 aromatic carbocycles. The summed E-state index contributed by atoms with van der Waals surface area (Å²) in [5.41, 5.74) is 0. The third kappa shape index (κ3) is 4.78. The Balaban J connectivity index is 2.32. The van der Waals surface area contributed by atoms with E-state index in [9.17, 15) is 8.42 Å². The maximum atomic E-state index is 11.4. The number of hydrogen-bond donors (Lipinski definition) is 1. The van der Waals surface area contributed by atoms with Crippen molar-refractivity contribution in [3.63, 3.8) is 0 Å². The summed E-state index contributed by atoms with van der Waals surface area (Å²) in [6, 6.07) is 0.